The molecular weight excluding hydrogens is 416 g/mol. The Hall–Kier alpha value is 0.220. The molecule has 4 atom stereocenters. The first-order valence-electron chi connectivity index (χ1n) is 12.7. The van der Waals surface area contributed by atoms with Crippen LogP contribution in [0.25, 0.3) is 0 Å². The van der Waals surface area contributed by atoms with Crippen molar-refractivity contribution in [1.29, 1.82) is 0 Å². The first kappa shape index (κ1) is 30.2. The van der Waals surface area contributed by atoms with E-state index in [0.717, 1.165) is 89.9 Å². The average molecular weight is 465 g/mol. The Labute approximate surface area is 192 Å². The maximum atomic E-state index is 11.4. The van der Waals surface area contributed by atoms with Crippen LogP contribution in [0.4, 0.5) is 0 Å². The highest BCUT2D eigenvalue weighted by atomic mass is 32.2. The smallest absolute Gasteiger partial charge is 0.0215 e. The van der Waals surface area contributed by atoms with E-state index >= 15 is 0 Å². The summed E-state index contributed by atoms with van der Waals surface area (Å²) >= 11 is -3.89. The molecule has 0 fully saturated rings. The van der Waals surface area contributed by atoms with E-state index in [4.69, 9.17) is 0 Å². The van der Waals surface area contributed by atoms with Gasteiger partial charge in [0.25, 0.3) is 0 Å². The van der Waals surface area contributed by atoms with Gasteiger partial charge in [-0.2, -0.15) is 0 Å². The number of hydrogen-bond acceptors (Lipinski definition) is 4. The quantitative estimate of drug-likeness (QED) is 0.117. The van der Waals surface area contributed by atoms with Crippen LogP contribution in [0, 0.1) is 0 Å². The molecule has 0 radical (unpaired) electrons. The zero-order valence-corrected chi connectivity index (χ0v) is 21.4. The molecule has 4 unspecified atom stereocenters. The Kier molecular flexibility index (Phi) is 22.6. The van der Waals surface area contributed by atoms with Crippen molar-refractivity contribution >= 4 is 22.2 Å². The minimum Gasteiger partial charge on any atom is -0.772 e. The van der Waals surface area contributed by atoms with Crippen molar-refractivity contribution in [2.45, 2.75) is 153 Å². The van der Waals surface area contributed by atoms with E-state index < -0.39 is 22.2 Å². The van der Waals surface area contributed by atoms with Crippen molar-refractivity contribution in [3.05, 3.63) is 0 Å². The van der Waals surface area contributed by atoms with Gasteiger partial charge in [0.2, 0.25) is 0 Å². The Morgan fingerprint density at radius 2 is 0.700 bits per heavy atom. The molecule has 0 amide bonds. The van der Waals surface area contributed by atoms with Crippen LogP contribution in [0.2, 0.25) is 0 Å². The average Bonchev–Trinajstić information content (AvgIpc) is 2.71. The monoisotopic (exact) mass is 464 g/mol. The van der Waals surface area contributed by atoms with Crippen LogP contribution in [0.3, 0.4) is 0 Å². The van der Waals surface area contributed by atoms with Crippen molar-refractivity contribution < 1.29 is 17.5 Å². The third-order valence-corrected chi connectivity index (χ3v) is 8.14. The SMILES string of the molecule is CCCCCCCC(CCCCCCCCC(CCCCCCC)S(=O)[O-])S(=O)[O-]. The summed E-state index contributed by atoms with van der Waals surface area (Å²) in [7, 11) is 0. The fourth-order valence-electron chi connectivity index (χ4n) is 4.08. The maximum Gasteiger partial charge on any atom is 0.0215 e. The zero-order chi connectivity index (χ0) is 22.5. The van der Waals surface area contributed by atoms with E-state index in [9.17, 15) is 17.5 Å². The van der Waals surface area contributed by atoms with E-state index in [1.54, 1.807) is 0 Å². The molecule has 30 heavy (non-hydrogen) atoms. The molecular formula is C24H48O4S2-2. The van der Waals surface area contributed by atoms with Crippen LogP contribution in [0.1, 0.15) is 142 Å². The summed E-state index contributed by atoms with van der Waals surface area (Å²) in [4.78, 5) is 0. The van der Waals surface area contributed by atoms with E-state index in [1.807, 2.05) is 0 Å². The second-order valence-corrected chi connectivity index (χ2v) is 11.2. The molecule has 0 aromatic heterocycles. The predicted molar refractivity (Wildman–Crippen MR) is 129 cm³/mol. The summed E-state index contributed by atoms with van der Waals surface area (Å²) in [6, 6.07) is 0. The largest absolute Gasteiger partial charge is 0.772 e. The molecule has 0 N–H and O–H groups in total. The number of unbranched alkanes of at least 4 members (excludes halogenated alkanes) is 13. The second kappa shape index (κ2) is 22.4. The van der Waals surface area contributed by atoms with Gasteiger partial charge in [-0.3, -0.25) is 8.42 Å². The van der Waals surface area contributed by atoms with Crippen LogP contribution in [0.15, 0.2) is 0 Å². The fraction of sp³-hybridized carbons (Fsp3) is 1.00. The first-order chi connectivity index (χ1) is 14.5. The van der Waals surface area contributed by atoms with Crippen molar-refractivity contribution in [1.82, 2.24) is 0 Å². The lowest BCUT2D eigenvalue weighted by Gasteiger charge is -2.20. The van der Waals surface area contributed by atoms with Gasteiger partial charge in [0.15, 0.2) is 0 Å². The lowest BCUT2D eigenvalue weighted by molar-refractivity contribution is 0.476. The van der Waals surface area contributed by atoms with Crippen molar-refractivity contribution in [3.8, 4) is 0 Å². The topological polar surface area (TPSA) is 80.3 Å². The fourth-order valence-corrected chi connectivity index (χ4v) is 5.51. The molecule has 0 bridgehead atoms. The highest BCUT2D eigenvalue weighted by molar-refractivity contribution is 7.80. The van der Waals surface area contributed by atoms with Crippen LogP contribution in [-0.4, -0.2) is 28.0 Å². The Morgan fingerprint density at radius 3 is 0.933 bits per heavy atom. The van der Waals surface area contributed by atoms with Gasteiger partial charge in [-0.1, -0.05) is 139 Å². The lowest BCUT2D eigenvalue weighted by Crippen LogP contribution is -2.15. The molecule has 0 aliphatic rings. The maximum absolute atomic E-state index is 11.4. The van der Waals surface area contributed by atoms with Gasteiger partial charge in [-0.15, -0.1) is 0 Å². The van der Waals surface area contributed by atoms with Crippen molar-refractivity contribution in [2.75, 3.05) is 0 Å². The Balaban J connectivity index is 3.72. The summed E-state index contributed by atoms with van der Waals surface area (Å²) < 4.78 is 45.7. The molecule has 6 heteroatoms. The molecule has 0 aliphatic carbocycles. The van der Waals surface area contributed by atoms with E-state index in [1.165, 1.54) is 38.5 Å². The van der Waals surface area contributed by atoms with Crippen LogP contribution >= 0.6 is 0 Å². The molecule has 0 spiro atoms. The van der Waals surface area contributed by atoms with Crippen LogP contribution in [0.5, 0.6) is 0 Å². The third kappa shape index (κ3) is 18.9. The van der Waals surface area contributed by atoms with Gasteiger partial charge in [-0.05, 0) is 25.7 Å². The normalized spacial score (nSPS) is 15.7. The molecule has 4 nitrogen and oxygen atoms in total. The van der Waals surface area contributed by atoms with Gasteiger partial charge in [0, 0.05) is 10.5 Å². The number of hydrogen-bond donors (Lipinski definition) is 0. The summed E-state index contributed by atoms with van der Waals surface area (Å²) in [5, 5.41) is -0.339. The first-order valence-corrected chi connectivity index (χ1v) is 15.0. The minimum absolute atomic E-state index is 0.170. The third-order valence-electron chi connectivity index (χ3n) is 6.11. The number of rotatable bonds is 23. The van der Waals surface area contributed by atoms with E-state index in [-0.39, 0.29) is 10.5 Å². The van der Waals surface area contributed by atoms with Crippen LogP contribution < -0.4 is 0 Å². The van der Waals surface area contributed by atoms with E-state index in [2.05, 4.69) is 13.8 Å². The molecule has 0 saturated carbocycles. The molecule has 0 aliphatic heterocycles. The predicted octanol–water partition coefficient (Wildman–Crippen LogP) is 7.32. The van der Waals surface area contributed by atoms with Crippen molar-refractivity contribution in [3.63, 3.8) is 0 Å². The molecule has 0 aromatic rings. The summed E-state index contributed by atoms with van der Waals surface area (Å²) in [5.74, 6) is 0. The highest BCUT2D eigenvalue weighted by Gasteiger charge is 2.10. The second-order valence-electron chi connectivity index (χ2n) is 8.87. The van der Waals surface area contributed by atoms with E-state index in [0.29, 0.717) is 0 Å². The zero-order valence-electron chi connectivity index (χ0n) is 19.7. The summed E-state index contributed by atoms with van der Waals surface area (Å²) in [6.45, 7) is 4.38. The summed E-state index contributed by atoms with van der Waals surface area (Å²) in [5.41, 5.74) is 0. The van der Waals surface area contributed by atoms with Gasteiger partial charge >= 0.3 is 0 Å². The van der Waals surface area contributed by atoms with Crippen LogP contribution in [-0.2, 0) is 22.2 Å². The van der Waals surface area contributed by atoms with Gasteiger partial charge in [-0.25, -0.2) is 0 Å². The standard InChI is InChI=1S/C24H50O4S2/c1-3-5-7-11-15-19-23(29(25)26)21-17-13-9-10-14-18-22-24(30(27)28)20-16-12-8-6-4-2/h23-24H,3-22H2,1-2H3,(H,25,26)(H,27,28)/p-2. The minimum atomic E-state index is -1.94. The Morgan fingerprint density at radius 1 is 0.467 bits per heavy atom. The van der Waals surface area contributed by atoms with Crippen molar-refractivity contribution in [2.24, 2.45) is 0 Å². The highest BCUT2D eigenvalue weighted by Crippen LogP contribution is 2.19. The Bertz CT molecular complexity index is 380. The molecule has 0 rings (SSSR count). The summed E-state index contributed by atoms with van der Waals surface area (Å²) in [6.07, 6.45) is 21.3. The van der Waals surface area contributed by atoms with Gasteiger partial charge in [0.1, 0.15) is 0 Å². The van der Waals surface area contributed by atoms with Gasteiger partial charge in [0.05, 0.1) is 0 Å². The molecule has 182 valence electrons. The molecule has 0 heterocycles. The lowest BCUT2D eigenvalue weighted by atomic mass is 10.0. The molecule has 0 aromatic carbocycles. The van der Waals surface area contributed by atoms with Gasteiger partial charge < -0.3 is 9.11 Å². The molecule has 0 saturated heterocycles.